The molecule has 0 saturated heterocycles. The predicted molar refractivity (Wildman–Crippen MR) is 78.9 cm³/mol. The van der Waals surface area contributed by atoms with Crippen molar-refractivity contribution in [3.63, 3.8) is 0 Å². The van der Waals surface area contributed by atoms with Crippen LogP contribution < -0.4 is 10.1 Å². The van der Waals surface area contributed by atoms with E-state index in [0.29, 0.717) is 6.61 Å². The summed E-state index contributed by atoms with van der Waals surface area (Å²) in [7, 11) is 1.93. The maximum atomic E-state index is 5.88. The Morgan fingerprint density at radius 1 is 1.15 bits per heavy atom. The van der Waals surface area contributed by atoms with Crippen molar-refractivity contribution in [2.45, 2.75) is 38.8 Å². The van der Waals surface area contributed by atoms with E-state index < -0.39 is 0 Å². The Labute approximate surface area is 119 Å². The number of rotatable bonds is 5. The van der Waals surface area contributed by atoms with E-state index in [2.05, 4.69) is 23.5 Å². The van der Waals surface area contributed by atoms with Gasteiger partial charge in [0.1, 0.15) is 18.1 Å². The van der Waals surface area contributed by atoms with Gasteiger partial charge in [0.05, 0.1) is 6.26 Å². The number of furan rings is 1. The highest BCUT2D eigenvalue weighted by Crippen LogP contribution is 2.26. The normalized spacial score (nSPS) is 14.1. The van der Waals surface area contributed by atoms with Gasteiger partial charge in [-0.3, -0.25) is 0 Å². The van der Waals surface area contributed by atoms with Crippen molar-refractivity contribution in [1.82, 2.24) is 5.32 Å². The molecule has 1 heterocycles. The van der Waals surface area contributed by atoms with Crippen LogP contribution in [0.15, 0.2) is 34.9 Å². The molecule has 1 aromatic heterocycles. The number of ether oxygens (including phenoxy) is 1. The van der Waals surface area contributed by atoms with Crippen LogP contribution in [0.1, 0.15) is 35.3 Å². The summed E-state index contributed by atoms with van der Waals surface area (Å²) < 4.78 is 11.4. The highest BCUT2D eigenvalue weighted by Gasteiger charge is 2.11. The van der Waals surface area contributed by atoms with Crippen LogP contribution in [0.25, 0.3) is 0 Å². The van der Waals surface area contributed by atoms with Gasteiger partial charge < -0.3 is 14.5 Å². The quantitative estimate of drug-likeness (QED) is 0.904. The summed E-state index contributed by atoms with van der Waals surface area (Å²) in [6, 6.07) is 8.46. The molecule has 1 aliphatic carbocycles. The Morgan fingerprint density at radius 3 is 2.85 bits per heavy atom. The van der Waals surface area contributed by atoms with Crippen molar-refractivity contribution in [1.29, 1.82) is 0 Å². The summed E-state index contributed by atoms with van der Waals surface area (Å²) in [6.07, 6.45) is 6.71. The van der Waals surface area contributed by atoms with Crippen molar-refractivity contribution in [3.8, 4) is 5.75 Å². The van der Waals surface area contributed by atoms with E-state index in [9.17, 15) is 0 Å². The molecule has 1 aliphatic rings. The third-order valence-corrected chi connectivity index (χ3v) is 3.89. The first-order valence-electron chi connectivity index (χ1n) is 7.31. The lowest BCUT2D eigenvalue weighted by Crippen LogP contribution is -2.07. The average Bonchev–Trinajstić information content (AvgIpc) is 2.93. The molecule has 106 valence electrons. The van der Waals surface area contributed by atoms with Gasteiger partial charge in [-0.15, -0.1) is 0 Å². The molecule has 0 unspecified atom stereocenters. The van der Waals surface area contributed by atoms with Crippen LogP contribution in [-0.4, -0.2) is 7.05 Å². The van der Waals surface area contributed by atoms with E-state index in [0.717, 1.165) is 23.6 Å². The molecule has 0 spiro atoms. The van der Waals surface area contributed by atoms with Crippen molar-refractivity contribution >= 4 is 0 Å². The van der Waals surface area contributed by atoms with Gasteiger partial charge in [0.15, 0.2) is 0 Å². The van der Waals surface area contributed by atoms with E-state index in [-0.39, 0.29) is 0 Å². The van der Waals surface area contributed by atoms with E-state index in [4.69, 9.17) is 9.15 Å². The van der Waals surface area contributed by atoms with E-state index in [1.807, 2.05) is 13.1 Å². The summed E-state index contributed by atoms with van der Waals surface area (Å²) in [4.78, 5) is 0. The number of benzene rings is 1. The zero-order chi connectivity index (χ0) is 13.8. The molecule has 2 aromatic rings. The first-order chi connectivity index (χ1) is 9.86. The molecular formula is C17H21NO2. The molecule has 3 heteroatoms. The highest BCUT2D eigenvalue weighted by atomic mass is 16.5. The third-order valence-electron chi connectivity index (χ3n) is 3.89. The Hall–Kier alpha value is -1.74. The van der Waals surface area contributed by atoms with E-state index >= 15 is 0 Å². The van der Waals surface area contributed by atoms with Gasteiger partial charge >= 0.3 is 0 Å². The van der Waals surface area contributed by atoms with Crippen molar-refractivity contribution in [2.75, 3.05) is 7.05 Å². The van der Waals surface area contributed by atoms with Crippen LogP contribution in [0.5, 0.6) is 5.75 Å². The minimum absolute atomic E-state index is 0.489. The van der Waals surface area contributed by atoms with Gasteiger partial charge in [0.25, 0.3) is 0 Å². The number of hydrogen-bond donors (Lipinski definition) is 1. The predicted octanol–water partition coefficient (Wildman–Crippen LogP) is 3.46. The number of nitrogens with one attached hydrogen (secondary N) is 1. The maximum Gasteiger partial charge on any atom is 0.146 e. The molecule has 3 nitrogen and oxygen atoms in total. The largest absolute Gasteiger partial charge is 0.486 e. The molecule has 1 aromatic carbocycles. The molecule has 3 rings (SSSR count). The average molecular weight is 271 g/mol. The molecule has 0 amide bonds. The molecule has 1 N–H and O–H groups in total. The van der Waals surface area contributed by atoms with Crippen LogP contribution in [0, 0.1) is 0 Å². The molecule has 0 bridgehead atoms. The summed E-state index contributed by atoms with van der Waals surface area (Å²) in [5, 5.41) is 3.13. The smallest absolute Gasteiger partial charge is 0.146 e. The van der Waals surface area contributed by atoms with Crippen LogP contribution in [0.2, 0.25) is 0 Å². The molecule has 20 heavy (non-hydrogen) atoms. The van der Waals surface area contributed by atoms with Crippen molar-refractivity contribution < 1.29 is 9.15 Å². The lowest BCUT2D eigenvalue weighted by Gasteiger charge is -2.16. The number of aryl methyl sites for hydroxylation is 2. The van der Waals surface area contributed by atoms with Crippen LogP contribution in [0.4, 0.5) is 0 Å². The second-order valence-electron chi connectivity index (χ2n) is 5.33. The Kier molecular flexibility index (Phi) is 4.07. The lowest BCUT2D eigenvalue weighted by atomic mass is 9.92. The van der Waals surface area contributed by atoms with Crippen LogP contribution in [0.3, 0.4) is 0 Å². The second kappa shape index (κ2) is 6.14. The Balaban J connectivity index is 1.67. The topological polar surface area (TPSA) is 34.4 Å². The molecular weight excluding hydrogens is 250 g/mol. The zero-order valence-corrected chi connectivity index (χ0v) is 11.9. The van der Waals surface area contributed by atoms with Gasteiger partial charge in [0.2, 0.25) is 0 Å². The zero-order valence-electron chi connectivity index (χ0n) is 11.9. The second-order valence-corrected chi connectivity index (χ2v) is 5.33. The number of hydrogen-bond acceptors (Lipinski definition) is 3. The van der Waals surface area contributed by atoms with Gasteiger partial charge in [-0.05, 0) is 62.1 Å². The Morgan fingerprint density at radius 2 is 2.00 bits per heavy atom. The van der Waals surface area contributed by atoms with Crippen molar-refractivity contribution in [3.05, 3.63) is 53.0 Å². The van der Waals surface area contributed by atoms with Gasteiger partial charge in [-0.2, -0.15) is 0 Å². The molecule has 0 atom stereocenters. The summed E-state index contributed by atoms with van der Waals surface area (Å²) in [5.74, 6) is 1.84. The maximum absolute atomic E-state index is 5.88. The summed E-state index contributed by atoms with van der Waals surface area (Å²) in [6.45, 7) is 1.29. The minimum Gasteiger partial charge on any atom is -0.486 e. The summed E-state index contributed by atoms with van der Waals surface area (Å²) in [5.41, 5.74) is 4.09. The van der Waals surface area contributed by atoms with Gasteiger partial charge in [-0.25, -0.2) is 0 Å². The molecule has 0 radical (unpaired) electrons. The van der Waals surface area contributed by atoms with Crippen molar-refractivity contribution in [2.24, 2.45) is 0 Å². The van der Waals surface area contributed by atoms with Crippen LogP contribution in [-0.2, 0) is 26.0 Å². The molecule has 0 saturated carbocycles. The number of fused-ring (bicyclic) bond motifs is 1. The minimum atomic E-state index is 0.489. The first kappa shape index (κ1) is 13.3. The van der Waals surface area contributed by atoms with Gasteiger partial charge in [-0.1, -0.05) is 6.07 Å². The highest BCUT2D eigenvalue weighted by molar-refractivity contribution is 5.37. The van der Waals surface area contributed by atoms with Gasteiger partial charge in [0, 0.05) is 12.1 Å². The monoisotopic (exact) mass is 271 g/mol. The Bertz CT molecular complexity index is 574. The SMILES string of the molecule is CNCc1ccoc1COc1ccc2c(c1)CCCC2. The van der Waals surface area contributed by atoms with E-state index in [1.165, 1.54) is 36.8 Å². The van der Waals surface area contributed by atoms with E-state index in [1.54, 1.807) is 6.26 Å². The standard InChI is InChI=1S/C17H21NO2/c1-18-11-15-8-9-19-17(15)12-20-16-7-6-13-4-2-3-5-14(13)10-16/h6-10,18H,2-5,11-12H2,1H3. The molecule has 0 aliphatic heterocycles. The fourth-order valence-corrected chi connectivity index (χ4v) is 2.79. The first-order valence-corrected chi connectivity index (χ1v) is 7.31. The summed E-state index contributed by atoms with van der Waals surface area (Å²) >= 11 is 0. The lowest BCUT2D eigenvalue weighted by molar-refractivity contribution is 0.268. The molecule has 0 fully saturated rings. The third kappa shape index (κ3) is 2.88. The van der Waals surface area contributed by atoms with Crippen LogP contribution >= 0.6 is 0 Å². The fraction of sp³-hybridized carbons (Fsp3) is 0.412. The fourth-order valence-electron chi connectivity index (χ4n) is 2.79.